The molecule has 0 saturated carbocycles. The lowest BCUT2D eigenvalue weighted by atomic mass is 9.91. The van der Waals surface area contributed by atoms with Gasteiger partial charge in [0, 0.05) is 19.5 Å². The maximum absolute atomic E-state index is 12.5. The number of carboxylic acid groups (broad SMARTS) is 1. The zero-order chi connectivity index (χ0) is 16.2. The van der Waals surface area contributed by atoms with Crippen LogP contribution in [0.4, 0.5) is 0 Å². The Morgan fingerprint density at radius 2 is 2.04 bits per heavy atom. The van der Waals surface area contributed by atoms with E-state index in [1.54, 1.807) is 0 Å². The summed E-state index contributed by atoms with van der Waals surface area (Å²) < 4.78 is 0. The van der Waals surface area contributed by atoms with Crippen LogP contribution in [-0.2, 0) is 16.0 Å². The summed E-state index contributed by atoms with van der Waals surface area (Å²) in [4.78, 5) is 25.9. The molecule has 122 valence electrons. The van der Waals surface area contributed by atoms with Gasteiger partial charge < -0.3 is 10.0 Å². The summed E-state index contributed by atoms with van der Waals surface area (Å²) >= 11 is 0. The molecule has 23 heavy (non-hydrogen) atoms. The number of carbonyl (C=O) groups is 2. The van der Waals surface area contributed by atoms with Crippen LogP contribution in [-0.4, -0.2) is 35.0 Å². The van der Waals surface area contributed by atoms with Crippen molar-refractivity contribution in [3.8, 4) is 0 Å². The molecular formula is C19H23NO3. The highest BCUT2D eigenvalue weighted by atomic mass is 16.4. The normalized spacial score (nSPS) is 21.5. The number of benzene rings is 1. The molecule has 1 N–H and O–H groups in total. The Hall–Kier alpha value is -2.10. The van der Waals surface area contributed by atoms with Crippen LogP contribution in [0.25, 0.3) is 0 Å². The second kappa shape index (κ2) is 6.99. The molecular weight excluding hydrogens is 290 g/mol. The van der Waals surface area contributed by atoms with Crippen molar-refractivity contribution in [1.29, 1.82) is 0 Å². The SMILES string of the molecule is O=C(O)[C@H](CC(=O)N1CC2=CCCCC2C1)Cc1ccccc1. The van der Waals surface area contributed by atoms with Crippen LogP contribution in [0.2, 0.25) is 0 Å². The summed E-state index contributed by atoms with van der Waals surface area (Å²) in [7, 11) is 0. The van der Waals surface area contributed by atoms with Gasteiger partial charge in [0.2, 0.25) is 5.91 Å². The Balaban J connectivity index is 1.62. The number of hydrogen-bond acceptors (Lipinski definition) is 2. The Labute approximate surface area is 136 Å². The third kappa shape index (κ3) is 3.81. The number of likely N-dealkylation sites (tertiary alicyclic amines) is 1. The molecule has 3 rings (SSSR count). The smallest absolute Gasteiger partial charge is 0.307 e. The Morgan fingerprint density at radius 3 is 2.74 bits per heavy atom. The summed E-state index contributed by atoms with van der Waals surface area (Å²) in [5.74, 6) is -1.06. The van der Waals surface area contributed by atoms with Crippen LogP contribution >= 0.6 is 0 Å². The number of amides is 1. The van der Waals surface area contributed by atoms with Gasteiger partial charge in [-0.2, -0.15) is 0 Å². The van der Waals surface area contributed by atoms with E-state index in [-0.39, 0.29) is 12.3 Å². The quantitative estimate of drug-likeness (QED) is 0.850. The molecule has 4 nitrogen and oxygen atoms in total. The number of hydrogen-bond donors (Lipinski definition) is 1. The summed E-state index contributed by atoms with van der Waals surface area (Å²) in [6.45, 7) is 1.46. The van der Waals surface area contributed by atoms with Gasteiger partial charge >= 0.3 is 5.97 Å². The minimum Gasteiger partial charge on any atom is -0.481 e. The topological polar surface area (TPSA) is 57.6 Å². The fourth-order valence-electron chi connectivity index (χ4n) is 3.63. The van der Waals surface area contributed by atoms with Crippen LogP contribution in [0.3, 0.4) is 0 Å². The largest absolute Gasteiger partial charge is 0.481 e. The highest BCUT2D eigenvalue weighted by Gasteiger charge is 2.33. The lowest BCUT2D eigenvalue weighted by Crippen LogP contribution is -2.32. The van der Waals surface area contributed by atoms with Crippen LogP contribution < -0.4 is 0 Å². The molecule has 1 aliphatic heterocycles. The van der Waals surface area contributed by atoms with E-state index in [2.05, 4.69) is 6.08 Å². The van der Waals surface area contributed by atoms with Gasteiger partial charge in [0.1, 0.15) is 0 Å². The van der Waals surface area contributed by atoms with Gasteiger partial charge in [-0.15, -0.1) is 0 Å². The van der Waals surface area contributed by atoms with Gasteiger partial charge in [0.15, 0.2) is 0 Å². The molecule has 1 aliphatic carbocycles. The molecule has 0 bridgehead atoms. The minimum absolute atomic E-state index is 0.0244. The van der Waals surface area contributed by atoms with E-state index >= 15 is 0 Å². The van der Waals surface area contributed by atoms with Crippen molar-refractivity contribution in [3.05, 3.63) is 47.5 Å². The number of carbonyl (C=O) groups excluding carboxylic acids is 1. The molecule has 1 amide bonds. The van der Waals surface area contributed by atoms with Crippen molar-refractivity contribution in [2.75, 3.05) is 13.1 Å². The molecule has 1 aromatic rings. The molecule has 1 heterocycles. The maximum Gasteiger partial charge on any atom is 0.307 e. The number of allylic oxidation sites excluding steroid dienone is 1. The van der Waals surface area contributed by atoms with Gasteiger partial charge in [-0.05, 0) is 42.7 Å². The van der Waals surface area contributed by atoms with E-state index in [0.717, 1.165) is 24.9 Å². The van der Waals surface area contributed by atoms with Crippen molar-refractivity contribution in [1.82, 2.24) is 4.90 Å². The van der Waals surface area contributed by atoms with E-state index in [0.29, 0.717) is 18.9 Å². The molecule has 0 radical (unpaired) electrons. The standard InChI is InChI=1S/C19H23NO3/c21-18(20-12-15-8-4-5-9-16(15)13-20)11-17(19(22)23)10-14-6-2-1-3-7-14/h1-3,6-8,16-17H,4-5,9-13H2,(H,22,23)/t16?,17-/m0/s1. The molecule has 2 atom stereocenters. The van der Waals surface area contributed by atoms with E-state index in [4.69, 9.17) is 0 Å². The van der Waals surface area contributed by atoms with Crippen LogP contribution in [0.1, 0.15) is 31.2 Å². The molecule has 4 heteroatoms. The van der Waals surface area contributed by atoms with Crippen molar-refractivity contribution < 1.29 is 14.7 Å². The molecule has 1 aromatic carbocycles. The molecule has 2 aliphatic rings. The Kier molecular flexibility index (Phi) is 4.79. The summed E-state index contributed by atoms with van der Waals surface area (Å²) in [6.07, 6.45) is 6.22. The monoisotopic (exact) mass is 313 g/mol. The Bertz CT molecular complexity index is 608. The summed E-state index contributed by atoms with van der Waals surface area (Å²) in [5.41, 5.74) is 2.34. The minimum atomic E-state index is -0.891. The molecule has 1 saturated heterocycles. The molecule has 0 aromatic heterocycles. The average Bonchev–Trinajstić information content (AvgIpc) is 2.99. The first kappa shape index (κ1) is 15.8. The second-order valence-electron chi connectivity index (χ2n) is 6.61. The predicted molar refractivity (Wildman–Crippen MR) is 87.9 cm³/mol. The number of fused-ring (bicyclic) bond motifs is 1. The molecule has 1 unspecified atom stereocenters. The Morgan fingerprint density at radius 1 is 1.26 bits per heavy atom. The maximum atomic E-state index is 12.5. The first-order valence-electron chi connectivity index (χ1n) is 8.37. The van der Waals surface area contributed by atoms with E-state index in [9.17, 15) is 14.7 Å². The lowest BCUT2D eigenvalue weighted by Gasteiger charge is -2.19. The van der Waals surface area contributed by atoms with Crippen molar-refractivity contribution in [3.63, 3.8) is 0 Å². The third-order valence-corrected chi connectivity index (χ3v) is 4.95. The zero-order valence-electron chi connectivity index (χ0n) is 13.3. The molecule has 0 spiro atoms. The van der Waals surface area contributed by atoms with Crippen LogP contribution in [0.15, 0.2) is 42.0 Å². The van der Waals surface area contributed by atoms with Crippen molar-refractivity contribution in [2.24, 2.45) is 11.8 Å². The predicted octanol–water partition coefficient (Wildman–Crippen LogP) is 2.89. The van der Waals surface area contributed by atoms with Gasteiger partial charge in [0.25, 0.3) is 0 Å². The lowest BCUT2D eigenvalue weighted by molar-refractivity contribution is -0.145. The van der Waals surface area contributed by atoms with E-state index in [1.807, 2.05) is 35.2 Å². The van der Waals surface area contributed by atoms with Crippen LogP contribution in [0.5, 0.6) is 0 Å². The summed E-state index contributed by atoms with van der Waals surface area (Å²) in [6, 6.07) is 9.52. The van der Waals surface area contributed by atoms with Gasteiger partial charge in [-0.25, -0.2) is 0 Å². The number of aliphatic carboxylic acids is 1. The number of nitrogens with zero attached hydrogens (tertiary/aromatic N) is 1. The summed E-state index contributed by atoms with van der Waals surface area (Å²) in [5, 5.41) is 9.45. The fraction of sp³-hybridized carbons (Fsp3) is 0.474. The first-order chi connectivity index (χ1) is 11.1. The average molecular weight is 313 g/mol. The van der Waals surface area contributed by atoms with Gasteiger partial charge in [0.05, 0.1) is 5.92 Å². The van der Waals surface area contributed by atoms with E-state index < -0.39 is 11.9 Å². The van der Waals surface area contributed by atoms with Gasteiger partial charge in [-0.3, -0.25) is 9.59 Å². The highest BCUT2D eigenvalue weighted by Crippen LogP contribution is 2.32. The number of rotatable bonds is 5. The van der Waals surface area contributed by atoms with Crippen molar-refractivity contribution >= 4 is 11.9 Å². The second-order valence-corrected chi connectivity index (χ2v) is 6.61. The van der Waals surface area contributed by atoms with E-state index in [1.165, 1.54) is 12.0 Å². The van der Waals surface area contributed by atoms with Crippen LogP contribution in [0, 0.1) is 11.8 Å². The fourth-order valence-corrected chi connectivity index (χ4v) is 3.63. The van der Waals surface area contributed by atoms with Gasteiger partial charge in [-0.1, -0.05) is 36.4 Å². The van der Waals surface area contributed by atoms with Crippen molar-refractivity contribution in [2.45, 2.75) is 32.1 Å². The zero-order valence-corrected chi connectivity index (χ0v) is 13.3. The highest BCUT2D eigenvalue weighted by molar-refractivity contribution is 5.83. The third-order valence-electron chi connectivity index (χ3n) is 4.95. The first-order valence-corrected chi connectivity index (χ1v) is 8.37. The number of carboxylic acids is 1. The molecule has 1 fully saturated rings.